The fraction of sp³-hybridized carbons (Fsp3) is 0.333. The number of hydrogen-bond donors (Lipinski definition) is 2. The highest BCUT2D eigenvalue weighted by molar-refractivity contribution is 5.76. The van der Waals surface area contributed by atoms with Gasteiger partial charge in [-0.1, -0.05) is 17.7 Å². The molecule has 0 bridgehead atoms. The van der Waals surface area contributed by atoms with Crippen molar-refractivity contribution in [3.05, 3.63) is 63.1 Å². The number of pyridine rings is 1. The minimum atomic E-state index is -0.154. The van der Waals surface area contributed by atoms with Crippen molar-refractivity contribution >= 4 is 5.91 Å². The van der Waals surface area contributed by atoms with Gasteiger partial charge < -0.3 is 15.0 Å². The summed E-state index contributed by atoms with van der Waals surface area (Å²) in [7, 11) is 0. The molecule has 0 atom stereocenters. The average molecular weight is 314 g/mol. The van der Waals surface area contributed by atoms with Crippen molar-refractivity contribution in [2.45, 2.75) is 33.7 Å². The standard InChI is InChI=1S/C18H22N2O3/c1-12-4-6-15(7-5-12)23-9-8-17(21)19-11-16-13(2)10-14(3)20-18(16)22/h4-7,10H,8-9,11H2,1-3H3,(H,19,21)(H,20,22). The molecule has 0 saturated heterocycles. The number of nitrogens with one attached hydrogen (secondary N) is 2. The Morgan fingerprint density at radius 1 is 1.17 bits per heavy atom. The van der Waals surface area contributed by atoms with Gasteiger partial charge in [-0.05, 0) is 44.5 Å². The smallest absolute Gasteiger partial charge is 0.253 e. The Kier molecular flexibility index (Phi) is 5.57. The van der Waals surface area contributed by atoms with Crippen molar-refractivity contribution in [3.63, 3.8) is 0 Å². The largest absolute Gasteiger partial charge is 0.493 e. The Bertz CT molecular complexity index is 733. The number of hydrogen-bond acceptors (Lipinski definition) is 3. The number of benzene rings is 1. The summed E-state index contributed by atoms with van der Waals surface area (Å²) in [5, 5.41) is 2.76. The zero-order valence-corrected chi connectivity index (χ0v) is 13.7. The lowest BCUT2D eigenvalue weighted by Crippen LogP contribution is -2.28. The number of rotatable bonds is 6. The van der Waals surface area contributed by atoms with Crippen LogP contribution in [0.3, 0.4) is 0 Å². The molecule has 1 aromatic heterocycles. The first-order chi connectivity index (χ1) is 11.0. The van der Waals surface area contributed by atoms with Crippen molar-refractivity contribution in [2.75, 3.05) is 6.61 Å². The first kappa shape index (κ1) is 16.8. The SMILES string of the molecule is Cc1ccc(OCCC(=O)NCc2c(C)cc(C)[nH]c2=O)cc1. The van der Waals surface area contributed by atoms with E-state index in [1.165, 1.54) is 0 Å². The molecule has 5 heteroatoms. The fourth-order valence-corrected chi connectivity index (χ4v) is 2.27. The summed E-state index contributed by atoms with van der Waals surface area (Å²) in [5.74, 6) is 0.603. The molecule has 0 fully saturated rings. The van der Waals surface area contributed by atoms with Gasteiger partial charge in [-0.25, -0.2) is 0 Å². The van der Waals surface area contributed by atoms with Crippen LogP contribution in [0.15, 0.2) is 35.1 Å². The Balaban J connectivity index is 1.79. The van der Waals surface area contributed by atoms with E-state index in [0.717, 1.165) is 22.6 Å². The van der Waals surface area contributed by atoms with Crippen LogP contribution in [0.25, 0.3) is 0 Å². The number of aromatic amines is 1. The number of amides is 1. The molecule has 0 aliphatic rings. The highest BCUT2D eigenvalue weighted by atomic mass is 16.5. The maximum Gasteiger partial charge on any atom is 0.253 e. The first-order valence-electron chi connectivity index (χ1n) is 7.61. The molecule has 5 nitrogen and oxygen atoms in total. The summed E-state index contributed by atoms with van der Waals surface area (Å²) in [6.45, 7) is 6.23. The lowest BCUT2D eigenvalue weighted by Gasteiger charge is -2.09. The van der Waals surface area contributed by atoms with Gasteiger partial charge in [-0.3, -0.25) is 9.59 Å². The maximum absolute atomic E-state index is 11.9. The Labute approximate surface area is 135 Å². The van der Waals surface area contributed by atoms with Crippen LogP contribution < -0.4 is 15.6 Å². The second kappa shape index (κ2) is 7.63. The highest BCUT2D eigenvalue weighted by Gasteiger charge is 2.07. The molecule has 23 heavy (non-hydrogen) atoms. The van der Waals surface area contributed by atoms with Crippen molar-refractivity contribution in [3.8, 4) is 5.75 Å². The topological polar surface area (TPSA) is 71.2 Å². The van der Waals surface area contributed by atoms with Gasteiger partial charge in [0.2, 0.25) is 5.91 Å². The highest BCUT2D eigenvalue weighted by Crippen LogP contribution is 2.11. The Morgan fingerprint density at radius 2 is 1.87 bits per heavy atom. The summed E-state index contributed by atoms with van der Waals surface area (Å²) in [5.41, 5.74) is 3.28. The quantitative estimate of drug-likeness (QED) is 0.860. The maximum atomic E-state index is 11.9. The molecule has 2 aromatic rings. The third kappa shape index (κ3) is 4.98. The summed E-state index contributed by atoms with van der Waals surface area (Å²) in [4.78, 5) is 26.5. The number of carbonyl (C=O) groups excluding carboxylic acids is 1. The van der Waals surface area contributed by atoms with E-state index in [9.17, 15) is 9.59 Å². The van der Waals surface area contributed by atoms with E-state index in [4.69, 9.17) is 4.74 Å². The molecule has 2 N–H and O–H groups in total. The number of aromatic nitrogens is 1. The molecule has 0 unspecified atom stereocenters. The van der Waals surface area contributed by atoms with Crippen molar-refractivity contribution in [2.24, 2.45) is 0 Å². The van der Waals surface area contributed by atoms with Crippen LogP contribution in [-0.2, 0) is 11.3 Å². The van der Waals surface area contributed by atoms with Crippen LogP contribution in [0.4, 0.5) is 0 Å². The normalized spacial score (nSPS) is 10.4. The van der Waals surface area contributed by atoms with Gasteiger partial charge in [-0.15, -0.1) is 0 Å². The van der Waals surface area contributed by atoms with E-state index in [1.54, 1.807) is 0 Å². The molecule has 122 valence electrons. The molecule has 0 spiro atoms. The fourth-order valence-electron chi connectivity index (χ4n) is 2.27. The van der Waals surface area contributed by atoms with Gasteiger partial charge in [0.05, 0.1) is 13.0 Å². The van der Waals surface area contributed by atoms with Gasteiger partial charge in [0, 0.05) is 17.8 Å². The molecular weight excluding hydrogens is 292 g/mol. The molecule has 1 heterocycles. The molecular formula is C18H22N2O3. The summed E-state index contributed by atoms with van der Waals surface area (Å²) in [6, 6.07) is 9.57. The monoisotopic (exact) mass is 314 g/mol. The van der Waals surface area contributed by atoms with E-state index in [-0.39, 0.29) is 24.4 Å². The van der Waals surface area contributed by atoms with E-state index < -0.39 is 0 Å². The Hall–Kier alpha value is -2.56. The van der Waals surface area contributed by atoms with Gasteiger partial charge in [0.25, 0.3) is 5.56 Å². The van der Waals surface area contributed by atoms with Gasteiger partial charge in [0.1, 0.15) is 5.75 Å². The van der Waals surface area contributed by atoms with E-state index in [1.807, 2.05) is 51.1 Å². The van der Waals surface area contributed by atoms with Crippen LogP contribution >= 0.6 is 0 Å². The number of ether oxygens (including phenoxy) is 1. The predicted molar refractivity (Wildman–Crippen MR) is 89.7 cm³/mol. The van der Waals surface area contributed by atoms with Crippen LogP contribution in [0.1, 0.15) is 28.8 Å². The van der Waals surface area contributed by atoms with Crippen LogP contribution in [0.5, 0.6) is 5.75 Å². The average Bonchev–Trinajstić information content (AvgIpc) is 2.48. The summed E-state index contributed by atoms with van der Waals surface area (Å²) < 4.78 is 5.52. The minimum absolute atomic E-state index is 0.142. The number of H-pyrrole nitrogens is 1. The van der Waals surface area contributed by atoms with Crippen molar-refractivity contribution in [1.82, 2.24) is 10.3 Å². The first-order valence-corrected chi connectivity index (χ1v) is 7.61. The predicted octanol–water partition coefficient (Wildman–Crippen LogP) is 2.39. The molecule has 1 aromatic carbocycles. The van der Waals surface area contributed by atoms with Crippen molar-refractivity contribution in [1.29, 1.82) is 0 Å². The zero-order valence-electron chi connectivity index (χ0n) is 13.7. The van der Waals surface area contributed by atoms with Gasteiger partial charge in [-0.2, -0.15) is 0 Å². The zero-order chi connectivity index (χ0) is 16.8. The number of carbonyl (C=O) groups is 1. The Morgan fingerprint density at radius 3 is 2.52 bits per heavy atom. The molecule has 0 radical (unpaired) electrons. The van der Waals surface area contributed by atoms with Gasteiger partial charge in [0.15, 0.2) is 0 Å². The van der Waals surface area contributed by atoms with Crippen LogP contribution in [-0.4, -0.2) is 17.5 Å². The molecule has 0 aliphatic heterocycles. The second-order valence-electron chi connectivity index (χ2n) is 5.63. The lowest BCUT2D eigenvalue weighted by atomic mass is 10.1. The van der Waals surface area contributed by atoms with Crippen molar-refractivity contribution < 1.29 is 9.53 Å². The van der Waals surface area contributed by atoms with E-state index in [2.05, 4.69) is 10.3 Å². The third-order valence-electron chi connectivity index (χ3n) is 3.57. The molecule has 0 aliphatic carbocycles. The molecule has 0 saturated carbocycles. The molecule has 2 rings (SSSR count). The summed E-state index contributed by atoms with van der Waals surface area (Å²) >= 11 is 0. The summed E-state index contributed by atoms with van der Waals surface area (Å²) in [6.07, 6.45) is 0.247. The van der Waals surface area contributed by atoms with Gasteiger partial charge >= 0.3 is 0 Å². The second-order valence-corrected chi connectivity index (χ2v) is 5.63. The lowest BCUT2D eigenvalue weighted by molar-refractivity contribution is -0.121. The van der Waals surface area contributed by atoms with E-state index in [0.29, 0.717) is 12.2 Å². The number of aryl methyl sites for hydroxylation is 3. The van der Waals surface area contributed by atoms with Crippen LogP contribution in [0.2, 0.25) is 0 Å². The molecule has 1 amide bonds. The van der Waals surface area contributed by atoms with E-state index >= 15 is 0 Å². The van der Waals surface area contributed by atoms with Crippen LogP contribution in [0, 0.1) is 20.8 Å². The minimum Gasteiger partial charge on any atom is -0.493 e. The third-order valence-corrected chi connectivity index (χ3v) is 3.57.